The number of aliphatic hydroxyl groups excluding tert-OH is 1. The van der Waals surface area contributed by atoms with Crippen LogP contribution in [0.25, 0.3) is 33.2 Å². The number of benzene rings is 2. The topological polar surface area (TPSA) is 152 Å². The van der Waals surface area contributed by atoms with Crippen LogP contribution in [0.4, 0.5) is 19.1 Å². The quantitative estimate of drug-likeness (QED) is 0.111. The van der Waals surface area contributed by atoms with Gasteiger partial charge < -0.3 is 19.7 Å². The predicted molar refractivity (Wildman–Crippen MR) is 216 cm³/mol. The molecule has 1 aliphatic carbocycles. The van der Waals surface area contributed by atoms with Gasteiger partial charge in [-0.25, -0.2) is 9.78 Å². The molecule has 3 fully saturated rings. The van der Waals surface area contributed by atoms with Crippen LogP contribution >= 0.6 is 0 Å². The Morgan fingerprint density at radius 3 is 2.44 bits per heavy atom. The lowest BCUT2D eigenvalue weighted by Gasteiger charge is -2.34. The van der Waals surface area contributed by atoms with Crippen molar-refractivity contribution in [2.24, 2.45) is 7.05 Å². The molecule has 59 heavy (non-hydrogen) atoms. The van der Waals surface area contributed by atoms with E-state index in [1.54, 1.807) is 17.8 Å². The van der Waals surface area contributed by atoms with Gasteiger partial charge in [-0.05, 0) is 49.3 Å². The Hall–Kier alpha value is -5.10. The second-order valence-corrected chi connectivity index (χ2v) is 16.0. The number of carbonyl (C=O) groups excluding carboxylic acids is 2. The zero-order chi connectivity index (χ0) is 41.3. The van der Waals surface area contributed by atoms with Gasteiger partial charge in [-0.1, -0.05) is 36.4 Å². The van der Waals surface area contributed by atoms with Gasteiger partial charge in [0.25, 0.3) is 0 Å². The number of aliphatic hydroxyl groups is 1. The van der Waals surface area contributed by atoms with Crippen molar-refractivity contribution < 1.29 is 32.6 Å². The Morgan fingerprint density at radius 2 is 1.71 bits per heavy atom. The summed E-state index contributed by atoms with van der Waals surface area (Å²) in [6, 6.07) is 13.5. The summed E-state index contributed by atoms with van der Waals surface area (Å²) >= 11 is 0. The van der Waals surface area contributed by atoms with Crippen molar-refractivity contribution in [2.45, 2.75) is 82.5 Å². The molecule has 5 heterocycles. The highest BCUT2D eigenvalue weighted by atomic mass is 19.4. The van der Waals surface area contributed by atoms with Crippen LogP contribution in [0.3, 0.4) is 0 Å². The van der Waals surface area contributed by atoms with Crippen molar-refractivity contribution in [2.75, 3.05) is 51.2 Å². The molecule has 14 nitrogen and oxygen atoms in total. The molecule has 0 radical (unpaired) electrons. The maximum atomic E-state index is 13.2. The molecule has 0 spiro atoms. The number of hydrogen-bond acceptors (Lipinski definition) is 10. The van der Waals surface area contributed by atoms with Gasteiger partial charge in [0.05, 0.1) is 36.8 Å². The number of fused-ring (bicyclic) bond motifs is 2. The number of nitrogens with one attached hydrogen (secondary N) is 2. The van der Waals surface area contributed by atoms with E-state index in [9.17, 15) is 32.7 Å². The van der Waals surface area contributed by atoms with E-state index in [0.29, 0.717) is 37.2 Å². The number of piperidine rings is 1. The van der Waals surface area contributed by atoms with Gasteiger partial charge in [-0.3, -0.25) is 33.8 Å². The summed E-state index contributed by atoms with van der Waals surface area (Å²) in [4.78, 5) is 51.4. The molecule has 314 valence electrons. The van der Waals surface area contributed by atoms with Crippen LogP contribution in [0.5, 0.6) is 0 Å². The highest BCUT2D eigenvalue weighted by Crippen LogP contribution is 2.37. The molecule has 2 saturated heterocycles. The molecular weight excluding hydrogens is 768 g/mol. The van der Waals surface area contributed by atoms with Crippen molar-refractivity contribution in [1.29, 1.82) is 0 Å². The number of rotatable bonds is 13. The Labute approximate surface area is 339 Å². The molecule has 0 bridgehead atoms. The highest BCUT2D eigenvalue weighted by Gasteiger charge is 2.32. The smallest absolute Gasteiger partial charge is 0.390 e. The van der Waals surface area contributed by atoms with Crippen molar-refractivity contribution in [3.8, 4) is 11.1 Å². The number of piperazine rings is 1. The first kappa shape index (κ1) is 40.7. The summed E-state index contributed by atoms with van der Waals surface area (Å²) in [5, 5.41) is 16.0. The first-order valence-electron chi connectivity index (χ1n) is 20.4. The summed E-state index contributed by atoms with van der Waals surface area (Å²) in [5.41, 5.74) is 5.75. The Bertz CT molecular complexity index is 2360. The minimum Gasteiger partial charge on any atom is -0.393 e. The van der Waals surface area contributed by atoms with E-state index in [1.807, 2.05) is 18.2 Å². The van der Waals surface area contributed by atoms with E-state index < -0.39 is 24.5 Å². The van der Waals surface area contributed by atoms with Crippen LogP contribution in [0, 0.1) is 0 Å². The van der Waals surface area contributed by atoms with Gasteiger partial charge in [0.2, 0.25) is 17.8 Å². The van der Waals surface area contributed by atoms with Crippen LogP contribution in [-0.4, -0.2) is 109 Å². The van der Waals surface area contributed by atoms with Gasteiger partial charge in [-0.2, -0.15) is 18.2 Å². The average molecular weight is 818 g/mol. The number of aromatic nitrogens is 5. The minimum absolute atomic E-state index is 0.121. The van der Waals surface area contributed by atoms with Gasteiger partial charge in [0, 0.05) is 94.2 Å². The first-order chi connectivity index (χ1) is 28.4. The number of alkyl halides is 3. The Balaban J connectivity index is 0.848. The van der Waals surface area contributed by atoms with Crippen molar-refractivity contribution in [1.82, 2.24) is 38.8 Å². The Morgan fingerprint density at radius 1 is 0.966 bits per heavy atom. The first-order valence-corrected chi connectivity index (χ1v) is 20.4. The van der Waals surface area contributed by atoms with Gasteiger partial charge >= 0.3 is 11.9 Å². The number of imidazole rings is 1. The molecule has 2 aromatic carbocycles. The molecule has 0 unspecified atom stereocenters. The van der Waals surface area contributed by atoms with Crippen LogP contribution < -0.4 is 16.3 Å². The van der Waals surface area contributed by atoms with Gasteiger partial charge in [0.15, 0.2) is 0 Å². The lowest BCUT2D eigenvalue weighted by Crippen LogP contribution is -2.46. The molecule has 2 amide bonds. The molecular formula is C42H50F3N9O5. The van der Waals surface area contributed by atoms with Gasteiger partial charge in [-0.15, -0.1) is 0 Å². The van der Waals surface area contributed by atoms with Crippen molar-refractivity contribution in [3.63, 3.8) is 0 Å². The fourth-order valence-corrected chi connectivity index (χ4v) is 8.74. The molecule has 3 aromatic heterocycles. The second kappa shape index (κ2) is 17.2. The molecule has 3 N–H and O–H groups in total. The fourth-order valence-electron chi connectivity index (χ4n) is 8.74. The summed E-state index contributed by atoms with van der Waals surface area (Å²) in [5.74, 6) is -0.619. The molecule has 2 aliphatic heterocycles. The second-order valence-electron chi connectivity index (χ2n) is 16.0. The standard InChI is InChI=1S/C42H50F3N9O5/c1-50-37-29(3-2-4-34(37)54(41(50)58)35-13-14-36(56)48-39(35)57)26-59-22-21-51-17-19-52(20-18-51)24-27-5-7-28(8-6-27)33-25-53(30-9-11-31(55)12-10-30)38-32(33)23-47-40(49-38)46-16-15-42(43,44)45/h2-8,23,25,30-31,35,55H,9-22,24,26H2,1H3,(H,46,47,49)(H,48,56,57)/t30?,31?,35-/m0/s1. The summed E-state index contributed by atoms with van der Waals surface area (Å²) in [6.45, 7) is 5.78. The summed E-state index contributed by atoms with van der Waals surface area (Å²) < 4.78 is 49.6. The normalized spacial score (nSPS) is 21.1. The van der Waals surface area contributed by atoms with E-state index >= 15 is 0 Å². The summed E-state index contributed by atoms with van der Waals surface area (Å²) in [6.07, 6.45) is 1.61. The van der Waals surface area contributed by atoms with E-state index in [4.69, 9.17) is 4.74 Å². The van der Waals surface area contributed by atoms with Crippen LogP contribution in [-0.2, 0) is 34.5 Å². The predicted octanol–water partition coefficient (Wildman–Crippen LogP) is 4.90. The lowest BCUT2D eigenvalue weighted by molar-refractivity contribution is -0.136. The molecule has 3 aliphatic rings. The van der Waals surface area contributed by atoms with E-state index in [2.05, 4.69) is 65.4 Å². The maximum Gasteiger partial charge on any atom is 0.390 e. The SMILES string of the molecule is Cn1c(=O)n([C@H]2CCC(=O)NC2=O)c2cccc(COCCN3CCN(Cc4ccc(-c5cn(C6CCC(O)CC6)c6nc(NCCC(F)(F)F)ncc56)cc4)CC3)c21. The van der Waals surface area contributed by atoms with Crippen LogP contribution in [0.15, 0.2) is 59.7 Å². The summed E-state index contributed by atoms with van der Waals surface area (Å²) in [7, 11) is 1.69. The van der Waals surface area contributed by atoms with Crippen molar-refractivity contribution >= 4 is 39.8 Å². The van der Waals surface area contributed by atoms with E-state index in [1.165, 1.54) is 10.1 Å². The van der Waals surface area contributed by atoms with E-state index in [-0.39, 0.29) is 49.1 Å². The molecule has 8 rings (SSSR count). The number of aryl methyl sites for hydroxylation is 1. The van der Waals surface area contributed by atoms with Crippen molar-refractivity contribution in [3.05, 3.63) is 76.5 Å². The van der Waals surface area contributed by atoms with E-state index in [0.717, 1.165) is 79.7 Å². The zero-order valence-electron chi connectivity index (χ0n) is 33.1. The third kappa shape index (κ3) is 9.07. The zero-order valence-corrected chi connectivity index (χ0v) is 33.1. The molecule has 17 heteroatoms. The largest absolute Gasteiger partial charge is 0.393 e. The van der Waals surface area contributed by atoms with Crippen LogP contribution in [0.2, 0.25) is 0 Å². The molecule has 1 atom stereocenters. The monoisotopic (exact) mass is 817 g/mol. The number of hydrogen-bond donors (Lipinski definition) is 3. The molecule has 1 saturated carbocycles. The number of amides is 2. The maximum absolute atomic E-state index is 13.2. The number of nitrogens with zero attached hydrogens (tertiary/aromatic N) is 7. The number of para-hydroxylation sites is 1. The average Bonchev–Trinajstić information content (AvgIpc) is 3.71. The minimum atomic E-state index is -4.27. The fraction of sp³-hybridized carbons (Fsp3) is 0.500. The number of halogens is 3. The number of ether oxygens (including phenoxy) is 1. The third-order valence-corrected chi connectivity index (χ3v) is 12.0. The number of anilines is 1. The lowest BCUT2D eigenvalue weighted by atomic mass is 9.93. The van der Waals surface area contributed by atoms with Crippen LogP contribution in [0.1, 0.15) is 68.2 Å². The highest BCUT2D eigenvalue weighted by molar-refractivity contribution is 6.00. The Kier molecular flexibility index (Phi) is 11.9. The molecule has 5 aromatic rings. The van der Waals surface area contributed by atoms with Gasteiger partial charge in [0.1, 0.15) is 11.7 Å². The number of imide groups is 1. The number of carbonyl (C=O) groups is 2. The third-order valence-electron chi connectivity index (χ3n) is 12.0.